The lowest BCUT2D eigenvalue weighted by Crippen LogP contribution is -2.16. The molecule has 1 N–H and O–H groups in total. The van der Waals surface area contributed by atoms with Crippen molar-refractivity contribution in [3.8, 4) is 11.5 Å². The lowest BCUT2D eigenvalue weighted by molar-refractivity contribution is 0.102. The second-order valence-electron chi connectivity index (χ2n) is 4.78. The molecule has 108 valence electrons. The minimum Gasteiger partial charge on any atom is -0.486 e. The third-order valence-electron chi connectivity index (χ3n) is 3.23. The van der Waals surface area contributed by atoms with E-state index in [0.717, 1.165) is 10.0 Å². The maximum Gasteiger partial charge on any atom is 0.255 e. The van der Waals surface area contributed by atoms with Crippen LogP contribution in [-0.2, 0) is 0 Å². The van der Waals surface area contributed by atoms with Crippen LogP contribution in [0, 0.1) is 6.92 Å². The summed E-state index contributed by atoms with van der Waals surface area (Å²) in [5.74, 6) is 1.20. The van der Waals surface area contributed by atoms with Crippen molar-refractivity contribution >= 4 is 27.5 Å². The van der Waals surface area contributed by atoms with Crippen molar-refractivity contribution in [1.29, 1.82) is 0 Å². The molecule has 0 bridgehead atoms. The van der Waals surface area contributed by atoms with Crippen LogP contribution in [0.5, 0.6) is 11.5 Å². The van der Waals surface area contributed by atoms with Crippen LogP contribution in [-0.4, -0.2) is 19.1 Å². The molecule has 0 saturated heterocycles. The van der Waals surface area contributed by atoms with E-state index >= 15 is 0 Å². The number of nitrogens with one attached hydrogen (secondary N) is 1. The molecule has 1 amide bonds. The van der Waals surface area contributed by atoms with E-state index in [2.05, 4.69) is 21.2 Å². The summed E-state index contributed by atoms with van der Waals surface area (Å²) >= 11 is 3.43. The van der Waals surface area contributed by atoms with Gasteiger partial charge < -0.3 is 14.8 Å². The molecule has 0 aromatic heterocycles. The Kier molecular flexibility index (Phi) is 3.84. The second kappa shape index (κ2) is 5.77. The summed E-state index contributed by atoms with van der Waals surface area (Å²) in [4.78, 5) is 12.2. The molecule has 1 aliphatic heterocycles. The third kappa shape index (κ3) is 3.03. The van der Waals surface area contributed by atoms with Gasteiger partial charge in [0.1, 0.15) is 13.2 Å². The van der Waals surface area contributed by atoms with Gasteiger partial charge in [0.2, 0.25) is 0 Å². The van der Waals surface area contributed by atoms with Crippen LogP contribution in [0.4, 0.5) is 5.69 Å². The minimum atomic E-state index is -0.160. The topological polar surface area (TPSA) is 47.6 Å². The normalized spacial score (nSPS) is 12.9. The number of hydrogen-bond donors (Lipinski definition) is 1. The number of halogens is 1. The molecule has 21 heavy (non-hydrogen) atoms. The molecule has 0 saturated carbocycles. The van der Waals surface area contributed by atoms with E-state index < -0.39 is 0 Å². The van der Waals surface area contributed by atoms with Gasteiger partial charge in [-0.2, -0.15) is 0 Å². The first kappa shape index (κ1) is 13.9. The van der Waals surface area contributed by atoms with Gasteiger partial charge in [-0.15, -0.1) is 0 Å². The number of hydrogen-bond acceptors (Lipinski definition) is 3. The highest BCUT2D eigenvalue weighted by atomic mass is 79.9. The SMILES string of the molecule is Cc1ccc(C(=O)Nc2ccc3c(c2)OCCO3)cc1Br. The average molecular weight is 348 g/mol. The van der Waals surface area contributed by atoms with Crippen LogP contribution < -0.4 is 14.8 Å². The zero-order valence-corrected chi connectivity index (χ0v) is 13.1. The van der Waals surface area contributed by atoms with Crippen molar-refractivity contribution in [2.75, 3.05) is 18.5 Å². The van der Waals surface area contributed by atoms with Gasteiger partial charge in [0.15, 0.2) is 11.5 Å². The fourth-order valence-corrected chi connectivity index (χ4v) is 2.44. The first-order valence-corrected chi connectivity index (χ1v) is 7.40. The van der Waals surface area contributed by atoms with E-state index in [0.29, 0.717) is 36.0 Å². The van der Waals surface area contributed by atoms with Crippen molar-refractivity contribution in [1.82, 2.24) is 0 Å². The monoisotopic (exact) mass is 347 g/mol. The van der Waals surface area contributed by atoms with Crippen molar-refractivity contribution in [3.63, 3.8) is 0 Å². The molecule has 5 heteroatoms. The predicted molar refractivity (Wildman–Crippen MR) is 84.3 cm³/mol. The smallest absolute Gasteiger partial charge is 0.255 e. The summed E-state index contributed by atoms with van der Waals surface area (Å²) in [6.07, 6.45) is 0. The van der Waals surface area contributed by atoms with Gasteiger partial charge in [-0.1, -0.05) is 22.0 Å². The third-order valence-corrected chi connectivity index (χ3v) is 4.09. The van der Waals surface area contributed by atoms with Crippen LogP contribution in [0.15, 0.2) is 40.9 Å². The molecule has 4 nitrogen and oxygen atoms in total. The van der Waals surface area contributed by atoms with Gasteiger partial charge in [-0.3, -0.25) is 4.79 Å². The molecule has 0 spiro atoms. The summed E-state index contributed by atoms with van der Waals surface area (Å²) in [7, 11) is 0. The summed E-state index contributed by atoms with van der Waals surface area (Å²) < 4.78 is 11.9. The van der Waals surface area contributed by atoms with E-state index in [-0.39, 0.29) is 5.91 Å². The van der Waals surface area contributed by atoms with E-state index in [1.807, 2.05) is 19.1 Å². The quantitative estimate of drug-likeness (QED) is 0.899. The number of aryl methyl sites for hydroxylation is 1. The number of ether oxygens (including phenoxy) is 2. The maximum atomic E-state index is 12.2. The minimum absolute atomic E-state index is 0.160. The molecule has 0 aliphatic carbocycles. The maximum absolute atomic E-state index is 12.2. The number of carbonyl (C=O) groups excluding carboxylic acids is 1. The Labute approximate surface area is 131 Å². The van der Waals surface area contributed by atoms with Crippen LogP contribution in [0.3, 0.4) is 0 Å². The van der Waals surface area contributed by atoms with Gasteiger partial charge in [0.05, 0.1) is 0 Å². The van der Waals surface area contributed by atoms with Crippen LogP contribution >= 0.6 is 15.9 Å². The Morgan fingerprint density at radius 1 is 1.10 bits per heavy atom. The van der Waals surface area contributed by atoms with Crippen molar-refractivity contribution in [2.24, 2.45) is 0 Å². The van der Waals surface area contributed by atoms with E-state index in [1.54, 1.807) is 24.3 Å². The Hall–Kier alpha value is -2.01. The average Bonchev–Trinajstić information content (AvgIpc) is 2.50. The fourth-order valence-electron chi connectivity index (χ4n) is 2.06. The number of fused-ring (bicyclic) bond motifs is 1. The predicted octanol–water partition coefficient (Wildman–Crippen LogP) is 3.78. The fraction of sp³-hybridized carbons (Fsp3) is 0.188. The van der Waals surface area contributed by atoms with E-state index in [4.69, 9.17) is 9.47 Å². The highest BCUT2D eigenvalue weighted by molar-refractivity contribution is 9.10. The largest absolute Gasteiger partial charge is 0.486 e. The molecule has 2 aromatic carbocycles. The van der Waals surface area contributed by atoms with Gasteiger partial charge in [0.25, 0.3) is 5.91 Å². The number of benzene rings is 2. The Balaban J connectivity index is 1.79. The van der Waals surface area contributed by atoms with E-state index in [9.17, 15) is 4.79 Å². The Morgan fingerprint density at radius 2 is 1.86 bits per heavy atom. The molecular formula is C16H14BrNO3. The summed E-state index contributed by atoms with van der Waals surface area (Å²) in [6, 6.07) is 10.9. The summed E-state index contributed by atoms with van der Waals surface area (Å²) in [5.41, 5.74) is 2.37. The molecule has 1 aliphatic rings. The Morgan fingerprint density at radius 3 is 2.62 bits per heavy atom. The van der Waals surface area contributed by atoms with Crippen LogP contribution in [0.2, 0.25) is 0 Å². The zero-order chi connectivity index (χ0) is 14.8. The molecule has 3 rings (SSSR count). The van der Waals surface area contributed by atoms with Crippen molar-refractivity contribution < 1.29 is 14.3 Å². The van der Waals surface area contributed by atoms with Crippen LogP contribution in [0.25, 0.3) is 0 Å². The van der Waals surface area contributed by atoms with Crippen molar-refractivity contribution in [3.05, 3.63) is 52.0 Å². The molecule has 1 heterocycles. The number of rotatable bonds is 2. The van der Waals surface area contributed by atoms with Gasteiger partial charge >= 0.3 is 0 Å². The number of amides is 1. The highest BCUT2D eigenvalue weighted by Crippen LogP contribution is 2.32. The standard InChI is InChI=1S/C16H14BrNO3/c1-10-2-3-11(8-13(10)17)16(19)18-12-4-5-14-15(9-12)21-7-6-20-14/h2-5,8-9H,6-7H2,1H3,(H,18,19). The van der Waals surface area contributed by atoms with Gasteiger partial charge in [0, 0.05) is 21.8 Å². The molecule has 0 unspecified atom stereocenters. The van der Waals surface area contributed by atoms with Crippen LogP contribution in [0.1, 0.15) is 15.9 Å². The number of carbonyl (C=O) groups is 1. The van der Waals surface area contributed by atoms with Gasteiger partial charge in [-0.25, -0.2) is 0 Å². The molecular weight excluding hydrogens is 334 g/mol. The molecule has 0 atom stereocenters. The van der Waals surface area contributed by atoms with Gasteiger partial charge in [-0.05, 0) is 36.8 Å². The lowest BCUT2D eigenvalue weighted by Gasteiger charge is -2.19. The second-order valence-corrected chi connectivity index (χ2v) is 5.63. The first-order chi connectivity index (χ1) is 10.1. The van der Waals surface area contributed by atoms with E-state index in [1.165, 1.54) is 0 Å². The summed E-state index contributed by atoms with van der Waals surface area (Å²) in [6.45, 7) is 3.05. The molecule has 2 aromatic rings. The molecule has 0 radical (unpaired) electrons. The number of anilines is 1. The first-order valence-electron chi connectivity index (χ1n) is 6.60. The zero-order valence-electron chi connectivity index (χ0n) is 11.5. The lowest BCUT2D eigenvalue weighted by atomic mass is 10.1. The summed E-state index contributed by atoms with van der Waals surface area (Å²) in [5, 5.41) is 2.86. The Bertz CT molecular complexity index is 700. The molecule has 0 fully saturated rings. The van der Waals surface area contributed by atoms with Crippen molar-refractivity contribution in [2.45, 2.75) is 6.92 Å². The highest BCUT2D eigenvalue weighted by Gasteiger charge is 2.13.